The van der Waals surface area contributed by atoms with Gasteiger partial charge < -0.3 is 24.2 Å². The van der Waals surface area contributed by atoms with Gasteiger partial charge in [0.1, 0.15) is 12.0 Å². The summed E-state index contributed by atoms with van der Waals surface area (Å²) in [6, 6.07) is 0. The zero-order valence-corrected chi connectivity index (χ0v) is 18.6. The minimum atomic E-state index is -0.345. The Hall–Kier alpha value is -3.80. The second-order valence-electron chi connectivity index (χ2n) is 8.59. The molecule has 0 bridgehead atoms. The molecule has 1 saturated heterocycles. The molecule has 12 nitrogen and oxygen atoms in total. The normalized spacial score (nSPS) is 18.3. The van der Waals surface area contributed by atoms with Gasteiger partial charge in [-0.3, -0.25) is 9.59 Å². The molecule has 3 aliphatic heterocycles. The number of anilines is 1. The average molecular weight is 464 g/mol. The van der Waals surface area contributed by atoms with Crippen molar-refractivity contribution in [3.63, 3.8) is 0 Å². The van der Waals surface area contributed by atoms with E-state index in [1.165, 1.54) is 17.0 Å². The molecular weight excluding hydrogens is 440 g/mol. The predicted molar refractivity (Wildman–Crippen MR) is 121 cm³/mol. The third kappa shape index (κ3) is 3.33. The van der Waals surface area contributed by atoms with Gasteiger partial charge in [0.15, 0.2) is 17.3 Å². The quantitative estimate of drug-likeness (QED) is 0.573. The lowest BCUT2D eigenvalue weighted by Crippen LogP contribution is -2.50. The number of aromatic nitrogens is 6. The summed E-state index contributed by atoms with van der Waals surface area (Å²) in [6.45, 7) is 3.76. The van der Waals surface area contributed by atoms with Crippen LogP contribution in [0.3, 0.4) is 0 Å². The molecule has 6 rings (SSSR count). The lowest BCUT2D eigenvalue weighted by atomic mass is 10.1. The maximum Gasteiger partial charge on any atom is 0.299 e. The van der Waals surface area contributed by atoms with Crippen molar-refractivity contribution < 1.29 is 14.6 Å². The maximum atomic E-state index is 13.6. The standard InChI is InChI=1S/C22H24N8O4/c31-16-12-23-13-24-17(16)20(32)28-8-6-27(7-9-28)18-15-2-1-5-29(15)22-25-19(26-30(22)21(18)33)14-3-10-34-11-4-14/h3,12-13,31H,1-2,4-11H2. The van der Waals surface area contributed by atoms with Crippen molar-refractivity contribution >= 4 is 22.9 Å². The Kier molecular flexibility index (Phi) is 5.01. The van der Waals surface area contributed by atoms with Crippen LogP contribution in [0.25, 0.3) is 11.4 Å². The number of hydrogen-bond acceptors (Lipinski definition) is 9. The number of carbonyl (C=O) groups excluding carboxylic acids is 1. The van der Waals surface area contributed by atoms with Crippen molar-refractivity contribution in [3.05, 3.63) is 46.2 Å². The molecule has 0 radical (unpaired) electrons. The van der Waals surface area contributed by atoms with E-state index in [1.54, 1.807) is 4.90 Å². The molecule has 3 aliphatic rings. The number of fused-ring (bicyclic) bond motifs is 3. The number of amides is 1. The van der Waals surface area contributed by atoms with Crippen LogP contribution < -0.4 is 10.5 Å². The molecule has 176 valence electrons. The van der Waals surface area contributed by atoms with Gasteiger partial charge in [0.05, 0.1) is 25.1 Å². The topological polar surface area (TPSA) is 131 Å². The van der Waals surface area contributed by atoms with Crippen molar-refractivity contribution in [1.29, 1.82) is 0 Å². The van der Waals surface area contributed by atoms with Gasteiger partial charge in [-0.1, -0.05) is 6.08 Å². The zero-order chi connectivity index (χ0) is 23.2. The van der Waals surface area contributed by atoms with Crippen LogP contribution in [0.5, 0.6) is 5.75 Å². The van der Waals surface area contributed by atoms with Crippen LogP contribution in [0.15, 0.2) is 23.4 Å². The first kappa shape index (κ1) is 20.8. The Morgan fingerprint density at radius 2 is 1.97 bits per heavy atom. The van der Waals surface area contributed by atoms with E-state index >= 15 is 0 Å². The number of carbonyl (C=O) groups is 1. The average Bonchev–Trinajstić information content (AvgIpc) is 3.53. The molecule has 3 aromatic heterocycles. The lowest BCUT2D eigenvalue weighted by Gasteiger charge is -2.36. The highest BCUT2D eigenvalue weighted by Gasteiger charge is 2.31. The van der Waals surface area contributed by atoms with E-state index in [-0.39, 0.29) is 22.9 Å². The van der Waals surface area contributed by atoms with E-state index in [4.69, 9.17) is 9.72 Å². The van der Waals surface area contributed by atoms with Crippen LogP contribution >= 0.6 is 0 Å². The van der Waals surface area contributed by atoms with Gasteiger partial charge in [-0.25, -0.2) is 9.97 Å². The van der Waals surface area contributed by atoms with Gasteiger partial charge in [0, 0.05) is 32.7 Å². The minimum Gasteiger partial charge on any atom is -0.504 e. The summed E-state index contributed by atoms with van der Waals surface area (Å²) in [5, 5.41) is 14.5. The van der Waals surface area contributed by atoms with Crippen LogP contribution in [0.1, 0.15) is 34.8 Å². The largest absolute Gasteiger partial charge is 0.504 e. The molecule has 1 amide bonds. The summed E-state index contributed by atoms with van der Waals surface area (Å²) in [5.41, 5.74) is 2.43. The molecule has 0 spiro atoms. The number of nitrogens with zero attached hydrogens (tertiary/aromatic N) is 8. The fourth-order valence-electron chi connectivity index (χ4n) is 4.93. The molecule has 0 aliphatic carbocycles. The lowest BCUT2D eigenvalue weighted by molar-refractivity contribution is 0.0737. The van der Waals surface area contributed by atoms with E-state index in [0.717, 1.165) is 37.1 Å². The van der Waals surface area contributed by atoms with Gasteiger partial charge in [-0.05, 0) is 24.8 Å². The fraction of sp³-hybridized carbons (Fsp3) is 0.455. The maximum absolute atomic E-state index is 13.6. The molecule has 1 N–H and O–H groups in total. The summed E-state index contributed by atoms with van der Waals surface area (Å²) >= 11 is 0. The first-order valence-electron chi connectivity index (χ1n) is 11.4. The van der Waals surface area contributed by atoms with Crippen molar-refractivity contribution in [2.24, 2.45) is 0 Å². The summed E-state index contributed by atoms with van der Waals surface area (Å²) < 4.78 is 8.91. The third-order valence-corrected chi connectivity index (χ3v) is 6.65. The van der Waals surface area contributed by atoms with E-state index in [1.807, 2.05) is 11.0 Å². The fourth-order valence-corrected chi connectivity index (χ4v) is 4.93. The van der Waals surface area contributed by atoms with E-state index in [9.17, 15) is 14.7 Å². The van der Waals surface area contributed by atoms with Crippen molar-refractivity contribution in [1.82, 2.24) is 34.0 Å². The molecule has 3 aromatic rings. The summed E-state index contributed by atoms with van der Waals surface area (Å²) in [7, 11) is 0. The molecule has 0 atom stereocenters. The van der Waals surface area contributed by atoms with Crippen LogP contribution in [0.2, 0.25) is 0 Å². The third-order valence-electron chi connectivity index (χ3n) is 6.65. The molecule has 0 saturated carbocycles. The Labute approximate surface area is 194 Å². The van der Waals surface area contributed by atoms with Crippen LogP contribution in [-0.4, -0.2) is 84.4 Å². The molecular formula is C22H24N8O4. The highest BCUT2D eigenvalue weighted by molar-refractivity contribution is 5.94. The van der Waals surface area contributed by atoms with Crippen LogP contribution in [0.4, 0.5) is 5.69 Å². The van der Waals surface area contributed by atoms with Gasteiger partial charge >= 0.3 is 0 Å². The van der Waals surface area contributed by atoms with E-state index in [0.29, 0.717) is 56.7 Å². The van der Waals surface area contributed by atoms with Gasteiger partial charge in [0.2, 0.25) is 5.78 Å². The highest BCUT2D eigenvalue weighted by Crippen LogP contribution is 2.28. The summed E-state index contributed by atoms with van der Waals surface area (Å²) in [4.78, 5) is 42.4. The number of aryl methyl sites for hydroxylation is 1. The second-order valence-corrected chi connectivity index (χ2v) is 8.59. The Morgan fingerprint density at radius 1 is 1.12 bits per heavy atom. The number of rotatable bonds is 3. The summed E-state index contributed by atoms with van der Waals surface area (Å²) in [5.74, 6) is 0.580. The van der Waals surface area contributed by atoms with Gasteiger partial charge in [-0.15, -0.1) is 5.10 Å². The molecule has 34 heavy (non-hydrogen) atoms. The first-order chi connectivity index (χ1) is 16.6. The first-order valence-corrected chi connectivity index (χ1v) is 11.4. The van der Waals surface area contributed by atoms with E-state index in [2.05, 4.69) is 19.6 Å². The smallest absolute Gasteiger partial charge is 0.299 e. The molecule has 1 fully saturated rings. The number of piperazine rings is 1. The molecule has 0 aromatic carbocycles. The van der Waals surface area contributed by atoms with Gasteiger partial charge in [-0.2, -0.15) is 9.50 Å². The minimum absolute atomic E-state index is 0.0107. The number of hydrogen-bond donors (Lipinski definition) is 1. The monoisotopic (exact) mass is 464 g/mol. The Bertz CT molecular complexity index is 1370. The second kappa shape index (κ2) is 8.20. The van der Waals surface area contributed by atoms with E-state index < -0.39 is 0 Å². The molecule has 12 heteroatoms. The number of aromatic hydroxyl groups is 1. The number of ether oxygens (including phenoxy) is 1. The van der Waals surface area contributed by atoms with Gasteiger partial charge in [0.25, 0.3) is 11.5 Å². The molecule has 6 heterocycles. The summed E-state index contributed by atoms with van der Waals surface area (Å²) in [6.07, 6.45) is 6.89. The van der Waals surface area contributed by atoms with Crippen molar-refractivity contribution in [2.45, 2.75) is 25.8 Å². The molecule has 0 unspecified atom stereocenters. The predicted octanol–water partition coefficient (Wildman–Crippen LogP) is 0.0989. The van der Waals surface area contributed by atoms with Crippen LogP contribution in [-0.2, 0) is 17.7 Å². The Balaban J connectivity index is 1.31. The van der Waals surface area contributed by atoms with Crippen molar-refractivity contribution in [2.75, 3.05) is 44.3 Å². The van der Waals surface area contributed by atoms with Crippen LogP contribution in [0, 0.1) is 0 Å². The zero-order valence-electron chi connectivity index (χ0n) is 18.6. The highest BCUT2D eigenvalue weighted by atomic mass is 16.5. The van der Waals surface area contributed by atoms with Crippen molar-refractivity contribution in [3.8, 4) is 5.75 Å². The SMILES string of the molecule is O=C(c1ncncc1O)N1CCN(c2c3n(c4nc(C5=CCOCC5)nn4c2=O)CCC3)CC1. The Morgan fingerprint density at radius 3 is 2.74 bits per heavy atom.